The molecule has 88 valence electrons. The van der Waals surface area contributed by atoms with Gasteiger partial charge in [-0.3, -0.25) is 4.79 Å². The molecule has 2 aliphatic rings. The number of nitrogens with two attached hydrogens (primary N) is 1. The van der Waals surface area contributed by atoms with E-state index in [1.807, 2.05) is 12.1 Å². The van der Waals surface area contributed by atoms with Gasteiger partial charge in [0.1, 0.15) is 0 Å². The summed E-state index contributed by atoms with van der Waals surface area (Å²) in [7, 11) is 0. The number of thioether (sulfide) groups is 1. The number of ether oxygens (including phenoxy) is 2. The molecule has 2 heterocycles. The average Bonchev–Trinajstić information content (AvgIpc) is 2.89. The fourth-order valence-corrected chi connectivity index (χ4v) is 2.72. The predicted octanol–water partition coefficient (Wildman–Crippen LogP) is 2.04. The van der Waals surface area contributed by atoms with Crippen molar-refractivity contribution in [3.8, 4) is 11.5 Å². The van der Waals surface area contributed by atoms with Crippen molar-refractivity contribution in [3.63, 3.8) is 0 Å². The molecule has 17 heavy (non-hydrogen) atoms. The van der Waals surface area contributed by atoms with Crippen LogP contribution in [0.15, 0.2) is 17.7 Å². The molecule has 0 atom stereocenters. The van der Waals surface area contributed by atoms with Crippen LogP contribution in [0.25, 0.3) is 6.08 Å². The van der Waals surface area contributed by atoms with Gasteiger partial charge in [0.25, 0.3) is 0 Å². The van der Waals surface area contributed by atoms with Gasteiger partial charge in [-0.25, -0.2) is 0 Å². The lowest BCUT2D eigenvalue weighted by Crippen LogP contribution is -1.93. The van der Waals surface area contributed by atoms with Crippen LogP contribution in [0.4, 0.5) is 5.69 Å². The first-order chi connectivity index (χ1) is 8.24. The Hall–Kier alpha value is -1.62. The van der Waals surface area contributed by atoms with Gasteiger partial charge in [0, 0.05) is 28.6 Å². The van der Waals surface area contributed by atoms with Gasteiger partial charge in [-0.1, -0.05) is 11.8 Å². The zero-order valence-corrected chi connectivity index (χ0v) is 9.88. The zero-order chi connectivity index (χ0) is 11.8. The van der Waals surface area contributed by atoms with Crippen molar-refractivity contribution in [3.05, 3.63) is 23.3 Å². The monoisotopic (exact) mass is 249 g/mol. The minimum atomic E-state index is 0.141. The highest BCUT2D eigenvalue weighted by Gasteiger charge is 2.20. The van der Waals surface area contributed by atoms with Crippen molar-refractivity contribution in [2.45, 2.75) is 6.42 Å². The maximum absolute atomic E-state index is 11.5. The summed E-state index contributed by atoms with van der Waals surface area (Å²) in [4.78, 5) is 11.5. The molecule has 0 aromatic heterocycles. The van der Waals surface area contributed by atoms with Crippen LogP contribution in [0.1, 0.15) is 12.0 Å². The van der Waals surface area contributed by atoms with E-state index in [4.69, 9.17) is 15.2 Å². The molecule has 2 N–H and O–H groups in total. The second-order valence-corrected chi connectivity index (χ2v) is 4.96. The Bertz CT molecular complexity index is 525. The number of fused-ring (bicyclic) bond motifs is 1. The molecule has 1 aromatic carbocycles. The SMILES string of the molecule is Nc1cc2c(cc1C=C1CCSC1=O)OCO2. The Labute approximate surface area is 103 Å². The first kappa shape index (κ1) is 10.5. The van der Waals surface area contributed by atoms with E-state index < -0.39 is 0 Å². The van der Waals surface area contributed by atoms with Crippen LogP contribution in [-0.4, -0.2) is 17.7 Å². The van der Waals surface area contributed by atoms with Crippen molar-refractivity contribution in [1.29, 1.82) is 0 Å². The molecule has 0 aliphatic carbocycles. The van der Waals surface area contributed by atoms with Crippen molar-refractivity contribution in [2.75, 3.05) is 18.3 Å². The summed E-state index contributed by atoms with van der Waals surface area (Å²) in [6, 6.07) is 3.56. The second-order valence-electron chi connectivity index (χ2n) is 3.89. The van der Waals surface area contributed by atoms with E-state index in [1.54, 1.807) is 6.07 Å². The fraction of sp³-hybridized carbons (Fsp3) is 0.250. The third kappa shape index (κ3) is 1.86. The Morgan fingerprint density at radius 3 is 2.76 bits per heavy atom. The van der Waals surface area contributed by atoms with E-state index in [2.05, 4.69) is 0 Å². The quantitative estimate of drug-likeness (QED) is 0.609. The molecule has 0 amide bonds. The summed E-state index contributed by atoms with van der Waals surface area (Å²) in [5.74, 6) is 2.20. The maximum Gasteiger partial charge on any atom is 0.231 e. The Morgan fingerprint density at radius 2 is 2.06 bits per heavy atom. The van der Waals surface area contributed by atoms with Crippen LogP contribution in [0.2, 0.25) is 0 Å². The molecule has 0 saturated carbocycles. The van der Waals surface area contributed by atoms with E-state index >= 15 is 0 Å². The van der Waals surface area contributed by atoms with E-state index in [1.165, 1.54) is 11.8 Å². The van der Waals surface area contributed by atoms with Crippen molar-refractivity contribution < 1.29 is 14.3 Å². The van der Waals surface area contributed by atoms with Gasteiger partial charge >= 0.3 is 0 Å². The molecule has 1 fully saturated rings. The third-order valence-electron chi connectivity index (χ3n) is 2.77. The highest BCUT2D eigenvalue weighted by atomic mass is 32.2. The van der Waals surface area contributed by atoms with Crippen molar-refractivity contribution in [2.24, 2.45) is 0 Å². The largest absolute Gasteiger partial charge is 0.454 e. The zero-order valence-electron chi connectivity index (χ0n) is 9.06. The number of hydrogen-bond donors (Lipinski definition) is 1. The lowest BCUT2D eigenvalue weighted by Gasteiger charge is -2.04. The summed E-state index contributed by atoms with van der Waals surface area (Å²) >= 11 is 1.35. The molecule has 0 radical (unpaired) electrons. The molecular formula is C12H11NO3S. The predicted molar refractivity (Wildman–Crippen MR) is 67.0 cm³/mol. The number of carbonyl (C=O) groups excluding carboxylic acids is 1. The Morgan fingerprint density at radius 1 is 1.29 bits per heavy atom. The minimum Gasteiger partial charge on any atom is -0.454 e. The van der Waals surface area contributed by atoms with E-state index in [9.17, 15) is 4.79 Å². The summed E-state index contributed by atoms with van der Waals surface area (Å²) in [5.41, 5.74) is 8.16. The fourth-order valence-electron chi connectivity index (χ4n) is 1.87. The molecule has 2 aliphatic heterocycles. The molecule has 4 nitrogen and oxygen atoms in total. The number of anilines is 1. The molecule has 0 unspecified atom stereocenters. The van der Waals surface area contributed by atoms with Gasteiger partial charge in [-0.15, -0.1) is 0 Å². The maximum atomic E-state index is 11.5. The second kappa shape index (κ2) is 4.00. The first-order valence-electron chi connectivity index (χ1n) is 5.31. The van der Waals surface area contributed by atoms with Gasteiger partial charge in [0.15, 0.2) is 11.5 Å². The van der Waals surface area contributed by atoms with Crippen LogP contribution in [0.5, 0.6) is 11.5 Å². The van der Waals surface area contributed by atoms with Crippen LogP contribution in [0.3, 0.4) is 0 Å². The number of benzene rings is 1. The highest BCUT2D eigenvalue weighted by molar-refractivity contribution is 8.14. The standard InChI is InChI=1S/C12H11NO3S/c13-9-5-11-10(15-6-16-11)4-8(9)3-7-1-2-17-12(7)14/h3-5H,1-2,6,13H2. The van der Waals surface area contributed by atoms with E-state index in [0.717, 1.165) is 23.3 Å². The number of rotatable bonds is 1. The lowest BCUT2D eigenvalue weighted by molar-refractivity contribution is -0.107. The number of hydrogen-bond acceptors (Lipinski definition) is 5. The number of nitrogen functional groups attached to an aromatic ring is 1. The molecular weight excluding hydrogens is 238 g/mol. The first-order valence-corrected chi connectivity index (χ1v) is 6.29. The Kier molecular flexibility index (Phi) is 2.48. The topological polar surface area (TPSA) is 61.6 Å². The summed E-state index contributed by atoms with van der Waals surface area (Å²) in [5, 5.41) is 0.141. The molecule has 0 bridgehead atoms. The normalized spacial score (nSPS) is 20.2. The Balaban J connectivity index is 2.01. The summed E-state index contributed by atoms with van der Waals surface area (Å²) < 4.78 is 10.5. The van der Waals surface area contributed by atoms with Crippen LogP contribution in [-0.2, 0) is 4.79 Å². The highest BCUT2D eigenvalue weighted by Crippen LogP contribution is 2.37. The smallest absolute Gasteiger partial charge is 0.231 e. The van der Waals surface area contributed by atoms with Crippen LogP contribution < -0.4 is 15.2 Å². The average molecular weight is 249 g/mol. The van der Waals surface area contributed by atoms with E-state index in [0.29, 0.717) is 17.2 Å². The third-order valence-corrected chi connectivity index (χ3v) is 3.71. The van der Waals surface area contributed by atoms with Gasteiger partial charge < -0.3 is 15.2 Å². The van der Waals surface area contributed by atoms with Crippen molar-refractivity contribution >= 4 is 28.6 Å². The minimum absolute atomic E-state index is 0.141. The molecule has 0 spiro atoms. The van der Waals surface area contributed by atoms with Crippen LogP contribution in [0, 0.1) is 0 Å². The van der Waals surface area contributed by atoms with Gasteiger partial charge in [-0.05, 0) is 18.6 Å². The lowest BCUT2D eigenvalue weighted by atomic mass is 10.1. The molecule has 1 saturated heterocycles. The summed E-state index contributed by atoms with van der Waals surface area (Å²) in [6.07, 6.45) is 2.65. The van der Waals surface area contributed by atoms with Crippen LogP contribution >= 0.6 is 11.8 Å². The van der Waals surface area contributed by atoms with Crippen molar-refractivity contribution in [1.82, 2.24) is 0 Å². The van der Waals surface area contributed by atoms with Gasteiger partial charge in [0.2, 0.25) is 11.9 Å². The van der Waals surface area contributed by atoms with E-state index in [-0.39, 0.29) is 11.9 Å². The molecule has 3 rings (SSSR count). The molecule has 5 heteroatoms. The molecule has 1 aromatic rings. The van der Waals surface area contributed by atoms with Gasteiger partial charge in [-0.2, -0.15) is 0 Å². The van der Waals surface area contributed by atoms with Gasteiger partial charge in [0.05, 0.1) is 0 Å². The summed E-state index contributed by atoms with van der Waals surface area (Å²) in [6.45, 7) is 0.226. The number of carbonyl (C=O) groups is 1.